The molecule has 100 valence electrons. The van der Waals surface area contributed by atoms with Crippen LogP contribution in [0.2, 0.25) is 0 Å². The van der Waals surface area contributed by atoms with Crippen LogP contribution in [0.15, 0.2) is 29.4 Å². The van der Waals surface area contributed by atoms with Gasteiger partial charge in [0.25, 0.3) is 0 Å². The SMILES string of the molecule is Cn1c([S+]([O-])CCCCCC#N)nc2ccccc21. The van der Waals surface area contributed by atoms with Crippen LogP contribution in [0.5, 0.6) is 0 Å². The first-order valence-corrected chi connectivity index (χ1v) is 7.72. The Balaban J connectivity index is 1.99. The number of nitrogens with zero attached hydrogens (tertiary/aromatic N) is 3. The summed E-state index contributed by atoms with van der Waals surface area (Å²) >= 11 is -1.06. The zero-order valence-corrected chi connectivity index (χ0v) is 11.8. The van der Waals surface area contributed by atoms with Crippen molar-refractivity contribution in [1.82, 2.24) is 9.55 Å². The Labute approximate surface area is 116 Å². The number of unbranched alkanes of at least 4 members (excludes halogenated alkanes) is 3. The highest BCUT2D eigenvalue weighted by atomic mass is 32.2. The number of aryl methyl sites for hydroxylation is 1. The average Bonchev–Trinajstić information content (AvgIpc) is 2.76. The predicted octanol–water partition coefficient (Wildman–Crippen LogP) is 2.76. The Kier molecular flexibility index (Phi) is 4.83. The summed E-state index contributed by atoms with van der Waals surface area (Å²) in [7, 11) is 1.90. The van der Waals surface area contributed by atoms with E-state index in [1.54, 1.807) is 0 Å². The van der Waals surface area contributed by atoms with Crippen LogP contribution in [0.1, 0.15) is 25.7 Å². The maximum Gasteiger partial charge on any atom is 0.323 e. The average molecular weight is 275 g/mol. The zero-order chi connectivity index (χ0) is 13.7. The molecular weight excluding hydrogens is 258 g/mol. The van der Waals surface area contributed by atoms with Gasteiger partial charge in [0.1, 0.15) is 5.75 Å². The van der Waals surface area contributed by atoms with Crippen molar-refractivity contribution in [2.24, 2.45) is 7.05 Å². The molecule has 4 nitrogen and oxygen atoms in total. The van der Waals surface area contributed by atoms with Gasteiger partial charge in [0.05, 0.1) is 17.1 Å². The van der Waals surface area contributed by atoms with Gasteiger partial charge in [-0.2, -0.15) is 10.2 Å². The standard InChI is InChI=1S/C14H17N3OS/c1-17-13-9-5-4-8-12(13)16-14(17)19(18)11-7-3-2-6-10-15/h4-5,8-9H,2-3,6-7,11H2,1H3. The summed E-state index contributed by atoms with van der Waals surface area (Å²) < 4.78 is 14.1. The molecule has 0 saturated carbocycles. The van der Waals surface area contributed by atoms with Crippen LogP contribution < -0.4 is 0 Å². The van der Waals surface area contributed by atoms with Gasteiger partial charge in [-0.05, 0) is 31.4 Å². The molecule has 0 spiro atoms. The van der Waals surface area contributed by atoms with E-state index in [1.165, 1.54) is 0 Å². The van der Waals surface area contributed by atoms with E-state index in [1.807, 2.05) is 35.9 Å². The highest BCUT2D eigenvalue weighted by molar-refractivity contribution is 7.91. The number of para-hydroxylation sites is 2. The Morgan fingerprint density at radius 1 is 1.32 bits per heavy atom. The molecule has 19 heavy (non-hydrogen) atoms. The lowest BCUT2D eigenvalue weighted by molar-refractivity contribution is 0.574. The van der Waals surface area contributed by atoms with E-state index in [-0.39, 0.29) is 0 Å². The molecule has 0 bridgehead atoms. The summed E-state index contributed by atoms with van der Waals surface area (Å²) in [5.41, 5.74) is 1.90. The molecule has 2 aromatic rings. The second kappa shape index (κ2) is 6.60. The normalized spacial score (nSPS) is 12.5. The maximum atomic E-state index is 12.2. The number of hydrogen-bond acceptors (Lipinski definition) is 3. The van der Waals surface area contributed by atoms with Gasteiger partial charge in [0, 0.05) is 24.6 Å². The van der Waals surface area contributed by atoms with E-state index in [2.05, 4.69) is 11.1 Å². The lowest BCUT2D eigenvalue weighted by Crippen LogP contribution is -2.12. The Hall–Kier alpha value is -1.51. The van der Waals surface area contributed by atoms with Gasteiger partial charge in [-0.3, -0.25) is 4.57 Å². The molecule has 0 amide bonds. The first-order chi connectivity index (χ1) is 9.24. The summed E-state index contributed by atoms with van der Waals surface area (Å²) in [4.78, 5) is 4.44. The van der Waals surface area contributed by atoms with E-state index in [0.717, 1.165) is 30.3 Å². The number of aromatic nitrogens is 2. The van der Waals surface area contributed by atoms with Gasteiger partial charge in [-0.15, -0.1) is 0 Å². The first-order valence-electron chi connectivity index (χ1n) is 6.41. The summed E-state index contributed by atoms with van der Waals surface area (Å²) in [6.45, 7) is 0. The smallest absolute Gasteiger partial charge is 0.323 e. The highest BCUT2D eigenvalue weighted by Gasteiger charge is 2.19. The van der Waals surface area contributed by atoms with Gasteiger partial charge in [0.15, 0.2) is 0 Å². The van der Waals surface area contributed by atoms with E-state index < -0.39 is 11.2 Å². The Morgan fingerprint density at radius 2 is 2.11 bits per heavy atom. The molecule has 1 heterocycles. The molecule has 2 rings (SSSR count). The van der Waals surface area contributed by atoms with Gasteiger partial charge in [-0.1, -0.05) is 12.1 Å². The number of hydrogen-bond donors (Lipinski definition) is 0. The van der Waals surface area contributed by atoms with Crippen LogP contribution in [-0.2, 0) is 18.2 Å². The molecule has 1 unspecified atom stereocenters. The third-order valence-electron chi connectivity index (χ3n) is 3.07. The largest absolute Gasteiger partial charge is 0.609 e. The van der Waals surface area contributed by atoms with Crippen LogP contribution in [0.4, 0.5) is 0 Å². The number of fused-ring (bicyclic) bond motifs is 1. The second-order valence-electron chi connectivity index (χ2n) is 4.46. The Bertz CT molecular complexity index is 588. The lowest BCUT2D eigenvalue weighted by atomic mass is 10.2. The highest BCUT2D eigenvalue weighted by Crippen LogP contribution is 2.19. The third-order valence-corrected chi connectivity index (χ3v) is 4.50. The minimum Gasteiger partial charge on any atom is -0.609 e. The number of rotatable bonds is 6. The van der Waals surface area contributed by atoms with Gasteiger partial charge >= 0.3 is 5.16 Å². The molecule has 5 heteroatoms. The van der Waals surface area contributed by atoms with Gasteiger partial charge < -0.3 is 4.55 Å². The topological polar surface area (TPSA) is 64.7 Å². The third kappa shape index (κ3) is 3.28. The van der Waals surface area contributed by atoms with E-state index >= 15 is 0 Å². The van der Waals surface area contributed by atoms with Gasteiger partial charge in [0.2, 0.25) is 0 Å². The molecule has 0 saturated heterocycles. The van der Waals surface area contributed by atoms with Crippen molar-refractivity contribution in [2.75, 3.05) is 5.75 Å². The summed E-state index contributed by atoms with van der Waals surface area (Å²) in [6, 6.07) is 9.93. The fourth-order valence-corrected chi connectivity index (χ4v) is 3.29. The predicted molar refractivity (Wildman–Crippen MR) is 76.1 cm³/mol. The molecule has 0 aliphatic carbocycles. The van der Waals surface area contributed by atoms with Crippen molar-refractivity contribution in [3.05, 3.63) is 24.3 Å². The van der Waals surface area contributed by atoms with Crippen LogP contribution in [0.3, 0.4) is 0 Å². The molecule has 0 aliphatic rings. The molecule has 0 radical (unpaired) electrons. The molecule has 1 aromatic carbocycles. The van der Waals surface area contributed by atoms with Crippen molar-refractivity contribution in [2.45, 2.75) is 30.8 Å². The molecule has 1 aromatic heterocycles. The van der Waals surface area contributed by atoms with Crippen LogP contribution >= 0.6 is 0 Å². The Morgan fingerprint density at radius 3 is 2.84 bits per heavy atom. The van der Waals surface area contributed by atoms with Crippen molar-refractivity contribution < 1.29 is 4.55 Å². The first kappa shape index (κ1) is 13.9. The fourth-order valence-electron chi connectivity index (χ4n) is 2.03. The second-order valence-corrected chi connectivity index (χ2v) is 5.92. The molecule has 0 aliphatic heterocycles. The minimum absolute atomic E-state index is 0.582. The van der Waals surface area contributed by atoms with Crippen LogP contribution in [-0.4, -0.2) is 19.9 Å². The summed E-state index contributed by atoms with van der Waals surface area (Å²) in [6.07, 6.45) is 3.29. The number of imidazole rings is 1. The molecule has 0 fully saturated rings. The number of benzene rings is 1. The van der Waals surface area contributed by atoms with Crippen LogP contribution in [0.25, 0.3) is 11.0 Å². The van der Waals surface area contributed by atoms with Crippen LogP contribution in [0, 0.1) is 11.3 Å². The maximum absolute atomic E-state index is 12.2. The quantitative estimate of drug-likeness (QED) is 0.601. The number of nitriles is 1. The molecular formula is C14H17N3OS. The summed E-state index contributed by atoms with van der Waals surface area (Å²) in [5, 5.41) is 9.09. The zero-order valence-electron chi connectivity index (χ0n) is 11.0. The lowest BCUT2D eigenvalue weighted by Gasteiger charge is -2.08. The van der Waals surface area contributed by atoms with Gasteiger partial charge in [-0.25, -0.2) is 0 Å². The van der Waals surface area contributed by atoms with E-state index in [0.29, 0.717) is 17.3 Å². The summed E-state index contributed by atoms with van der Waals surface area (Å²) in [5.74, 6) is 0.614. The monoisotopic (exact) mass is 275 g/mol. The fraction of sp³-hybridized carbons (Fsp3) is 0.429. The molecule has 0 N–H and O–H groups in total. The molecule has 1 atom stereocenters. The van der Waals surface area contributed by atoms with Crippen molar-refractivity contribution in [3.8, 4) is 6.07 Å². The van der Waals surface area contributed by atoms with Crippen molar-refractivity contribution in [3.63, 3.8) is 0 Å². The minimum atomic E-state index is -1.06. The van der Waals surface area contributed by atoms with E-state index in [9.17, 15) is 4.55 Å². The van der Waals surface area contributed by atoms with Crippen molar-refractivity contribution in [1.29, 1.82) is 5.26 Å². The van der Waals surface area contributed by atoms with E-state index in [4.69, 9.17) is 5.26 Å². The van der Waals surface area contributed by atoms with Crippen molar-refractivity contribution >= 4 is 22.2 Å².